The summed E-state index contributed by atoms with van der Waals surface area (Å²) >= 11 is 0. The fraction of sp³-hybridized carbons (Fsp3) is 0.526. The number of alkyl halides is 3. The lowest BCUT2D eigenvalue weighted by Gasteiger charge is -2.36. The number of carbonyl (C=O) groups excluding carboxylic acids is 3. The maximum atomic E-state index is 12.8. The van der Waals surface area contributed by atoms with Gasteiger partial charge in [0.15, 0.2) is 0 Å². The van der Waals surface area contributed by atoms with Gasteiger partial charge in [-0.15, -0.1) is 0 Å². The first-order valence-electron chi connectivity index (χ1n) is 9.23. The van der Waals surface area contributed by atoms with E-state index < -0.39 is 17.6 Å². The van der Waals surface area contributed by atoms with E-state index in [1.54, 1.807) is 9.80 Å². The summed E-state index contributed by atoms with van der Waals surface area (Å²) in [7, 11) is 0. The van der Waals surface area contributed by atoms with Crippen LogP contribution in [0.4, 0.5) is 13.2 Å². The van der Waals surface area contributed by atoms with Gasteiger partial charge in [0.25, 0.3) is 5.91 Å². The fourth-order valence-corrected chi connectivity index (χ4v) is 3.64. The molecule has 0 unspecified atom stereocenters. The molecule has 0 aromatic heterocycles. The molecule has 28 heavy (non-hydrogen) atoms. The largest absolute Gasteiger partial charge is 0.416 e. The first-order chi connectivity index (χ1) is 13.2. The zero-order valence-electron chi connectivity index (χ0n) is 15.5. The molecular formula is C19H22F3N3O3. The van der Waals surface area contributed by atoms with Crippen LogP contribution < -0.4 is 0 Å². The number of benzene rings is 1. The van der Waals surface area contributed by atoms with Crippen LogP contribution in [-0.4, -0.2) is 71.7 Å². The highest BCUT2D eigenvalue weighted by Gasteiger charge is 2.37. The summed E-state index contributed by atoms with van der Waals surface area (Å²) in [6.07, 6.45) is -4.30. The first kappa shape index (κ1) is 20.2. The molecule has 3 rings (SSSR count). The van der Waals surface area contributed by atoms with Crippen LogP contribution in [0.2, 0.25) is 0 Å². The molecule has 1 atom stereocenters. The normalized spacial score (nSPS) is 20.6. The molecule has 3 amide bonds. The number of hydrogen-bond donors (Lipinski definition) is 0. The summed E-state index contributed by atoms with van der Waals surface area (Å²) in [5.41, 5.74) is -0.881. The van der Waals surface area contributed by atoms with E-state index in [0.29, 0.717) is 26.2 Å². The molecule has 6 nitrogen and oxygen atoms in total. The lowest BCUT2D eigenvalue weighted by molar-refractivity contribution is -0.138. The Labute approximate surface area is 160 Å². The third-order valence-corrected chi connectivity index (χ3v) is 5.26. The molecule has 0 spiro atoms. The molecule has 0 N–H and O–H groups in total. The molecule has 0 bridgehead atoms. The van der Waals surface area contributed by atoms with Gasteiger partial charge >= 0.3 is 6.18 Å². The number of piperazine rings is 1. The maximum absolute atomic E-state index is 12.8. The molecular weight excluding hydrogens is 375 g/mol. The van der Waals surface area contributed by atoms with Crippen molar-refractivity contribution in [3.8, 4) is 0 Å². The van der Waals surface area contributed by atoms with Crippen LogP contribution in [0.15, 0.2) is 24.3 Å². The third kappa shape index (κ3) is 4.13. The number of carbonyl (C=O) groups is 3. The van der Waals surface area contributed by atoms with Crippen molar-refractivity contribution in [1.82, 2.24) is 14.7 Å². The minimum atomic E-state index is -4.51. The van der Waals surface area contributed by atoms with Crippen molar-refractivity contribution >= 4 is 17.7 Å². The molecule has 2 heterocycles. The summed E-state index contributed by atoms with van der Waals surface area (Å²) in [6.45, 7) is 3.96. The number of amides is 3. The van der Waals surface area contributed by atoms with Crippen molar-refractivity contribution in [2.75, 3.05) is 39.3 Å². The zero-order chi connectivity index (χ0) is 20.5. The molecule has 152 valence electrons. The first-order valence-corrected chi connectivity index (χ1v) is 9.23. The van der Waals surface area contributed by atoms with Gasteiger partial charge in [0.05, 0.1) is 11.5 Å². The van der Waals surface area contributed by atoms with E-state index >= 15 is 0 Å². The predicted molar refractivity (Wildman–Crippen MR) is 94.3 cm³/mol. The Morgan fingerprint density at radius 1 is 1.11 bits per heavy atom. The van der Waals surface area contributed by atoms with Crippen molar-refractivity contribution in [1.29, 1.82) is 0 Å². The van der Waals surface area contributed by atoms with Crippen molar-refractivity contribution in [2.45, 2.75) is 19.5 Å². The van der Waals surface area contributed by atoms with Crippen LogP contribution in [0.3, 0.4) is 0 Å². The number of likely N-dealkylation sites (tertiary alicyclic amines) is 1. The second kappa shape index (κ2) is 7.81. The summed E-state index contributed by atoms with van der Waals surface area (Å²) in [4.78, 5) is 41.7. The van der Waals surface area contributed by atoms with Crippen LogP contribution in [0.5, 0.6) is 0 Å². The Balaban J connectivity index is 1.59. The minimum Gasteiger partial charge on any atom is -0.342 e. The molecule has 2 aliphatic heterocycles. The van der Waals surface area contributed by atoms with E-state index in [-0.39, 0.29) is 42.8 Å². The van der Waals surface area contributed by atoms with Crippen LogP contribution in [0.25, 0.3) is 0 Å². The van der Waals surface area contributed by atoms with Gasteiger partial charge in [-0.25, -0.2) is 0 Å². The Hall–Kier alpha value is -2.58. The SMILES string of the molecule is CCN1C[C@@H](C(=O)N2CCN(C(=O)c3cccc(C(F)(F)F)c3)CC2)CC1=O. The van der Waals surface area contributed by atoms with Crippen LogP contribution in [-0.2, 0) is 15.8 Å². The second-order valence-electron chi connectivity index (χ2n) is 7.03. The van der Waals surface area contributed by atoms with E-state index in [0.717, 1.165) is 12.1 Å². The molecule has 1 aromatic carbocycles. The van der Waals surface area contributed by atoms with Crippen molar-refractivity contribution < 1.29 is 27.6 Å². The number of hydrogen-bond acceptors (Lipinski definition) is 3. The lowest BCUT2D eigenvalue weighted by atomic mass is 10.1. The van der Waals surface area contributed by atoms with Crippen LogP contribution in [0, 0.1) is 5.92 Å². The van der Waals surface area contributed by atoms with E-state index in [1.165, 1.54) is 17.0 Å². The Kier molecular flexibility index (Phi) is 5.62. The number of nitrogens with zero attached hydrogens (tertiary/aromatic N) is 3. The average Bonchev–Trinajstić information content (AvgIpc) is 3.07. The smallest absolute Gasteiger partial charge is 0.342 e. The van der Waals surface area contributed by atoms with Gasteiger partial charge in [-0.3, -0.25) is 14.4 Å². The van der Waals surface area contributed by atoms with E-state index in [9.17, 15) is 27.6 Å². The number of halogens is 3. The lowest BCUT2D eigenvalue weighted by Crippen LogP contribution is -2.52. The van der Waals surface area contributed by atoms with E-state index in [4.69, 9.17) is 0 Å². The van der Waals surface area contributed by atoms with Crippen LogP contribution >= 0.6 is 0 Å². The predicted octanol–water partition coefficient (Wildman–Crippen LogP) is 1.86. The van der Waals surface area contributed by atoms with Gasteiger partial charge in [-0.1, -0.05) is 6.07 Å². The molecule has 1 aromatic rings. The summed E-state index contributed by atoms with van der Waals surface area (Å²) in [5.74, 6) is -0.973. The molecule has 2 saturated heterocycles. The summed E-state index contributed by atoms with van der Waals surface area (Å²) < 4.78 is 38.5. The molecule has 0 radical (unpaired) electrons. The Bertz CT molecular complexity index is 773. The molecule has 9 heteroatoms. The van der Waals surface area contributed by atoms with Gasteiger partial charge in [0, 0.05) is 51.3 Å². The average molecular weight is 397 g/mol. The topological polar surface area (TPSA) is 60.9 Å². The maximum Gasteiger partial charge on any atom is 0.416 e. The number of rotatable bonds is 3. The highest BCUT2D eigenvalue weighted by Crippen LogP contribution is 2.30. The van der Waals surface area contributed by atoms with Gasteiger partial charge in [0.1, 0.15) is 0 Å². The Morgan fingerprint density at radius 3 is 2.32 bits per heavy atom. The zero-order valence-corrected chi connectivity index (χ0v) is 15.5. The molecule has 2 aliphatic rings. The van der Waals surface area contributed by atoms with Crippen molar-refractivity contribution in [3.05, 3.63) is 35.4 Å². The second-order valence-corrected chi connectivity index (χ2v) is 7.03. The quantitative estimate of drug-likeness (QED) is 0.782. The van der Waals surface area contributed by atoms with Crippen molar-refractivity contribution in [2.24, 2.45) is 5.92 Å². The summed E-state index contributed by atoms with van der Waals surface area (Å²) in [6, 6.07) is 4.35. The van der Waals surface area contributed by atoms with Crippen LogP contribution in [0.1, 0.15) is 29.3 Å². The van der Waals surface area contributed by atoms with Gasteiger partial charge in [-0.2, -0.15) is 13.2 Å². The fourth-order valence-electron chi connectivity index (χ4n) is 3.64. The standard InChI is InChI=1S/C19H22F3N3O3/c1-2-23-12-14(11-16(23)26)18(28)25-8-6-24(7-9-25)17(27)13-4-3-5-15(10-13)19(20,21)22/h3-5,10,14H,2,6-9,11-12H2,1H3/t14-/m0/s1. The van der Waals surface area contributed by atoms with Crippen molar-refractivity contribution in [3.63, 3.8) is 0 Å². The van der Waals surface area contributed by atoms with Gasteiger partial charge in [0.2, 0.25) is 11.8 Å². The Morgan fingerprint density at radius 2 is 1.75 bits per heavy atom. The highest BCUT2D eigenvalue weighted by molar-refractivity contribution is 5.95. The third-order valence-electron chi connectivity index (χ3n) is 5.26. The van der Waals surface area contributed by atoms with Gasteiger partial charge in [-0.05, 0) is 25.1 Å². The van der Waals surface area contributed by atoms with E-state index in [1.807, 2.05) is 6.92 Å². The molecule has 0 saturated carbocycles. The molecule has 0 aliphatic carbocycles. The highest BCUT2D eigenvalue weighted by atomic mass is 19.4. The monoisotopic (exact) mass is 397 g/mol. The minimum absolute atomic E-state index is 0.0189. The van der Waals surface area contributed by atoms with Gasteiger partial charge < -0.3 is 14.7 Å². The van der Waals surface area contributed by atoms with E-state index in [2.05, 4.69) is 0 Å². The molecule has 2 fully saturated rings. The summed E-state index contributed by atoms with van der Waals surface area (Å²) in [5, 5.41) is 0.